The molecule has 0 bridgehead atoms. The van der Waals surface area contributed by atoms with Gasteiger partial charge in [0.1, 0.15) is 0 Å². The second-order valence-corrected chi connectivity index (χ2v) is 10.5. The van der Waals surface area contributed by atoms with Crippen molar-refractivity contribution >= 4 is 0 Å². The van der Waals surface area contributed by atoms with E-state index in [0.29, 0.717) is 0 Å². The summed E-state index contributed by atoms with van der Waals surface area (Å²) in [6.45, 7) is 9.27. The molecule has 1 aromatic carbocycles. The minimum absolute atomic E-state index is 0.844. The SMILES string of the molecule is CC(C)CCCCCCCc1ccc(-c2ncc(CCCCCCCC(C)C)cn2)cc1. The number of aromatic nitrogens is 2. The van der Waals surface area contributed by atoms with Crippen molar-refractivity contribution in [3.63, 3.8) is 0 Å². The Hall–Kier alpha value is -1.70. The summed E-state index contributed by atoms with van der Waals surface area (Å²) < 4.78 is 0. The molecule has 178 valence electrons. The minimum atomic E-state index is 0.844. The summed E-state index contributed by atoms with van der Waals surface area (Å²) in [5.74, 6) is 2.54. The van der Waals surface area contributed by atoms with Gasteiger partial charge in [0.05, 0.1) is 0 Å². The normalized spacial score (nSPS) is 11.6. The molecule has 2 heteroatoms. The van der Waals surface area contributed by atoms with E-state index in [1.165, 1.54) is 94.6 Å². The van der Waals surface area contributed by atoms with Crippen LogP contribution in [0.4, 0.5) is 0 Å². The van der Waals surface area contributed by atoms with Crippen molar-refractivity contribution in [1.29, 1.82) is 0 Å². The molecule has 0 spiro atoms. The molecular weight excluding hydrogens is 388 g/mol. The van der Waals surface area contributed by atoms with Gasteiger partial charge in [-0.15, -0.1) is 0 Å². The van der Waals surface area contributed by atoms with Gasteiger partial charge in [-0.3, -0.25) is 0 Å². The van der Waals surface area contributed by atoms with Crippen LogP contribution in [0, 0.1) is 11.8 Å². The van der Waals surface area contributed by atoms with Crippen LogP contribution < -0.4 is 0 Å². The Balaban J connectivity index is 1.63. The molecule has 0 aliphatic carbocycles. The van der Waals surface area contributed by atoms with Gasteiger partial charge in [0.2, 0.25) is 0 Å². The smallest absolute Gasteiger partial charge is 0.159 e. The van der Waals surface area contributed by atoms with Crippen LogP contribution in [-0.2, 0) is 12.8 Å². The number of aryl methyl sites for hydroxylation is 2. The summed E-state index contributed by atoms with van der Waals surface area (Å²) in [6, 6.07) is 8.88. The van der Waals surface area contributed by atoms with Gasteiger partial charge in [0.25, 0.3) is 0 Å². The topological polar surface area (TPSA) is 25.8 Å². The van der Waals surface area contributed by atoms with Gasteiger partial charge in [-0.25, -0.2) is 9.97 Å². The van der Waals surface area contributed by atoms with Crippen molar-refractivity contribution in [1.82, 2.24) is 9.97 Å². The lowest BCUT2D eigenvalue weighted by atomic mass is 10.0. The van der Waals surface area contributed by atoms with E-state index in [-0.39, 0.29) is 0 Å². The first-order valence-corrected chi connectivity index (χ1v) is 13.4. The average Bonchev–Trinajstić information content (AvgIpc) is 2.78. The summed E-state index contributed by atoms with van der Waals surface area (Å²) in [4.78, 5) is 9.26. The van der Waals surface area contributed by atoms with E-state index in [1.54, 1.807) is 0 Å². The van der Waals surface area contributed by atoms with E-state index in [2.05, 4.69) is 61.9 Å². The molecule has 2 nitrogen and oxygen atoms in total. The molecule has 1 aromatic heterocycles. The molecule has 0 radical (unpaired) electrons. The molecule has 0 aliphatic rings. The predicted molar refractivity (Wildman–Crippen MR) is 140 cm³/mol. The Kier molecular flexibility index (Phi) is 13.3. The number of hydrogen-bond acceptors (Lipinski definition) is 2. The number of benzene rings is 1. The standard InChI is InChI=1S/C30H48N2/c1-25(2)15-11-7-5-9-13-17-27-19-21-29(22-20-27)30-31-23-28(24-32-30)18-14-10-6-8-12-16-26(3)4/h19-26H,5-18H2,1-4H3. The largest absolute Gasteiger partial charge is 0.236 e. The highest BCUT2D eigenvalue weighted by Gasteiger charge is 2.03. The molecule has 0 N–H and O–H groups in total. The maximum atomic E-state index is 4.63. The van der Waals surface area contributed by atoms with Crippen molar-refractivity contribution < 1.29 is 0 Å². The number of hydrogen-bond donors (Lipinski definition) is 0. The summed E-state index contributed by atoms with van der Waals surface area (Å²) >= 11 is 0. The average molecular weight is 437 g/mol. The molecule has 2 aromatic rings. The van der Waals surface area contributed by atoms with Crippen LogP contribution in [0.5, 0.6) is 0 Å². The Morgan fingerprint density at radius 3 is 1.47 bits per heavy atom. The Morgan fingerprint density at radius 2 is 0.969 bits per heavy atom. The quantitative estimate of drug-likeness (QED) is 0.231. The van der Waals surface area contributed by atoms with Crippen LogP contribution in [0.15, 0.2) is 36.7 Å². The van der Waals surface area contributed by atoms with Crippen LogP contribution in [0.2, 0.25) is 0 Å². The van der Waals surface area contributed by atoms with E-state index < -0.39 is 0 Å². The summed E-state index contributed by atoms with van der Waals surface area (Å²) in [5, 5.41) is 0. The highest BCUT2D eigenvalue weighted by Crippen LogP contribution is 2.18. The van der Waals surface area contributed by atoms with Gasteiger partial charge in [0, 0.05) is 18.0 Å². The molecule has 2 rings (SSSR count). The number of unbranched alkanes of at least 4 members (excludes halogenated alkanes) is 8. The molecule has 0 atom stereocenters. The monoisotopic (exact) mass is 436 g/mol. The molecule has 1 heterocycles. The zero-order chi connectivity index (χ0) is 23.0. The zero-order valence-corrected chi connectivity index (χ0v) is 21.4. The number of nitrogens with zero attached hydrogens (tertiary/aromatic N) is 2. The van der Waals surface area contributed by atoms with Gasteiger partial charge in [-0.2, -0.15) is 0 Å². The third-order valence-electron chi connectivity index (χ3n) is 6.41. The zero-order valence-electron chi connectivity index (χ0n) is 21.4. The first-order chi connectivity index (χ1) is 15.5. The maximum Gasteiger partial charge on any atom is 0.159 e. The fourth-order valence-corrected chi connectivity index (χ4v) is 4.28. The van der Waals surface area contributed by atoms with E-state index in [4.69, 9.17) is 0 Å². The van der Waals surface area contributed by atoms with Gasteiger partial charge in [-0.05, 0) is 48.6 Å². The molecule has 0 aliphatic heterocycles. The summed E-state index contributed by atoms with van der Waals surface area (Å²) in [5.41, 5.74) is 3.82. The van der Waals surface area contributed by atoms with Crippen molar-refractivity contribution in [3.05, 3.63) is 47.8 Å². The Bertz CT molecular complexity index is 637. The minimum Gasteiger partial charge on any atom is -0.236 e. The molecular formula is C30H48N2. The first kappa shape index (κ1) is 26.6. The second kappa shape index (κ2) is 16.0. The summed E-state index contributed by atoms with van der Waals surface area (Å²) in [6.07, 6.45) is 22.6. The van der Waals surface area contributed by atoms with Gasteiger partial charge >= 0.3 is 0 Å². The highest BCUT2D eigenvalue weighted by atomic mass is 14.9. The van der Waals surface area contributed by atoms with Gasteiger partial charge in [0.15, 0.2) is 5.82 Å². The van der Waals surface area contributed by atoms with E-state index in [0.717, 1.165) is 29.6 Å². The lowest BCUT2D eigenvalue weighted by Crippen LogP contribution is -1.94. The molecule has 0 saturated carbocycles. The van der Waals surface area contributed by atoms with Crippen molar-refractivity contribution in [3.8, 4) is 11.4 Å². The Labute approximate surface area is 198 Å². The van der Waals surface area contributed by atoms with Crippen LogP contribution in [0.1, 0.15) is 116 Å². The second-order valence-electron chi connectivity index (χ2n) is 10.5. The molecule has 0 saturated heterocycles. The van der Waals surface area contributed by atoms with Crippen LogP contribution in [0.25, 0.3) is 11.4 Å². The van der Waals surface area contributed by atoms with Gasteiger partial charge < -0.3 is 0 Å². The third kappa shape index (κ3) is 11.8. The molecule has 32 heavy (non-hydrogen) atoms. The van der Waals surface area contributed by atoms with E-state index in [9.17, 15) is 0 Å². The molecule has 0 unspecified atom stereocenters. The third-order valence-corrected chi connectivity index (χ3v) is 6.41. The van der Waals surface area contributed by atoms with Gasteiger partial charge in [-0.1, -0.05) is 116 Å². The summed E-state index contributed by atoms with van der Waals surface area (Å²) in [7, 11) is 0. The van der Waals surface area contributed by atoms with E-state index >= 15 is 0 Å². The molecule has 0 amide bonds. The lowest BCUT2D eigenvalue weighted by Gasteiger charge is -2.06. The van der Waals surface area contributed by atoms with E-state index in [1.807, 2.05) is 12.4 Å². The van der Waals surface area contributed by atoms with Crippen molar-refractivity contribution in [2.24, 2.45) is 11.8 Å². The maximum absolute atomic E-state index is 4.63. The highest BCUT2D eigenvalue weighted by molar-refractivity contribution is 5.55. The van der Waals surface area contributed by atoms with Crippen molar-refractivity contribution in [2.75, 3.05) is 0 Å². The predicted octanol–water partition coefficient (Wildman–Crippen LogP) is 9.22. The fourth-order valence-electron chi connectivity index (χ4n) is 4.28. The lowest BCUT2D eigenvalue weighted by molar-refractivity contribution is 0.515. The van der Waals surface area contributed by atoms with Crippen LogP contribution >= 0.6 is 0 Å². The Morgan fingerprint density at radius 1 is 0.531 bits per heavy atom. The molecule has 0 fully saturated rings. The number of rotatable bonds is 17. The van der Waals surface area contributed by atoms with Crippen LogP contribution in [-0.4, -0.2) is 9.97 Å². The van der Waals surface area contributed by atoms with Crippen molar-refractivity contribution in [2.45, 2.75) is 118 Å². The first-order valence-electron chi connectivity index (χ1n) is 13.4. The van der Waals surface area contributed by atoms with Crippen LogP contribution in [0.3, 0.4) is 0 Å². The fraction of sp³-hybridized carbons (Fsp3) is 0.667.